The lowest BCUT2D eigenvalue weighted by atomic mass is 9.99. The van der Waals surface area contributed by atoms with Crippen molar-refractivity contribution in [1.29, 1.82) is 0 Å². The summed E-state index contributed by atoms with van der Waals surface area (Å²) < 4.78 is 2.25. The predicted octanol–water partition coefficient (Wildman–Crippen LogP) is 2.56. The summed E-state index contributed by atoms with van der Waals surface area (Å²) in [5.41, 5.74) is 3.97. The van der Waals surface area contributed by atoms with Gasteiger partial charge in [0.15, 0.2) is 0 Å². The molecule has 6 heteroatoms. The van der Waals surface area contributed by atoms with Gasteiger partial charge in [-0.15, -0.1) is 0 Å². The van der Waals surface area contributed by atoms with Gasteiger partial charge in [-0.3, -0.25) is 4.90 Å². The van der Waals surface area contributed by atoms with Gasteiger partial charge in [-0.25, -0.2) is 15.0 Å². The van der Waals surface area contributed by atoms with Crippen LogP contribution >= 0.6 is 0 Å². The molecule has 6 nitrogen and oxygen atoms in total. The molecular weight excluding hydrogens is 312 g/mol. The standard InChI is InChI=1S/C19H26N6/c1-2-23-13-20-10-15(23)12-25-14-5-6-18(25)16-11-21-19(22-17(16)9-14)24-7-3-4-8-24/h10-11,13-14,18H,2-9,12H2,1H3. The van der Waals surface area contributed by atoms with Crippen molar-refractivity contribution in [1.82, 2.24) is 24.4 Å². The van der Waals surface area contributed by atoms with Crippen LogP contribution in [0.1, 0.15) is 55.6 Å². The molecular formula is C19H26N6. The van der Waals surface area contributed by atoms with Crippen LogP contribution in [0.5, 0.6) is 0 Å². The minimum Gasteiger partial charge on any atom is -0.341 e. The predicted molar refractivity (Wildman–Crippen MR) is 96.4 cm³/mol. The molecule has 2 aromatic heterocycles. The molecule has 2 aromatic rings. The van der Waals surface area contributed by atoms with E-state index in [1.54, 1.807) is 0 Å². The first kappa shape index (κ1) is 15.3. The van der Waals surface area contributed by atoms with Crippen LogP contribution < -0.4 is 4.90 Å². The van der Waals surface area contributed by atoms with E-state index in [1.165, 1.54) is 42.6 Å². The molecule has 2 fully saturated rings. The highest BCUT2D eigenvalue weighted by atomic mass is 15.3. The largest absolute Gasteiger partial charge is 0.341 e. The van der Waals surface area contributed by atoms with Crippen molar-refractivity contribution in [3.05, 3.63) is 35.7 Å². The van der Waals surface area contributed by atoms with Gasteiger partial charge in [0.05, 0.1) is 17.7 Å². The summed E-state index contributed by atoms with van der Waals surface area (Å²) in [6, 6.07) is 1.08. The molecule has 0 amide bonds. The van der Waals surface area contributed by atoms with Gasteiger partial charge >= 0.3 is 0 Å². The molecule has 3 aliphatic heterocycles. The fourth-order valence-corrected chi connectivity index (χ4v) is 4.83. The van der Waals surface area contributed by atoms with Crippen LogP contribution in [0.2, 0.25) is 0 Å². The van der Waals surface area contributed by atoms with Crippen molar-refractivity contribution < 1.29 is 0 Å². The number of hydrogen-bond donors (Lipinski definition) is 0. The monoisotopic (exact) mass is 338 g/mol. The zero-order valence-corrected chi connectivity index (χ0v) is 14.9. The van der Waals surface area contributed by atoms with Gasteiger partial charge in [0.2, 0.25) is 5.95 Å². The van der Waals surface area contributed by atoms with Gasteiger partial charge in [0.1, 0.15) is 0 Å². The summed E-state index contributed by atoms with van der Waals surface area (Å²) in [6.07, 6.45) is 12.2. The number of imidazole rings is 1. The Kier molecular flexibility index (Phi) is 3.73. The van der Waals surface area contributed by atoms with E-state index < -0.39 is 0 Å². The topological polar surface area (TPSA) is 50.1 Å². The summed E-state index contributed by atoms with van der Waals surface area (Å²) >= 11 is 0. The first-order valence-electron chi connectivity index (χ1n) is 9.69. The van der Waals surface area contributed by atoms with E-state index in [4.69, 9.17) is 9.97 Å². The van der Waals surface area contributed by atoms with Crippen LogP contribution in [0.3, 0.4) is 0 Å². The van der Waals surface area contributed by atoms with Crippen molar-refractivity contribution in [3.63, 3.8) is 0 Å². The molecule has 0 saturated carbocycles. The average molecular weight is 338 g/mol. The van der Waals surface area contributed by atoms with E-state index >= 15 is 0 Å². The van der Waals surface area contributed by atoms with E-state index in [-0.39, 0.29) is 0 Å². The van der Waals surface area contributed by atoms with Gasteiger partial charge in [-0.1, -0.05) is 0 Å². The summed E-state index contributed by atoms with van der Waals surface area (Å²) in [6.45, 7) is 6.37. The second kappa shape index (κ2) is 6.09. The number of nitrogens with zero attached hydrogens (tertiary/aromatic N) is 6. The van der Waals surface area contributed by atoms with Crippen LogP contribution in [-0.4, -0.2) is 43.6 Å². The molecule has 25 heavy (non-hydrogen) atoms. The number of hydrogen-bond acceptors (Lipinski definition) is 5. The molecule has 0 radical (unpaired) electrons. The molecule has 3 aliphatic rings. The van der Waals surface area contributed by atoms with Crippen LogP contribution in [0.15, 0.2) is 18.7 Å². The van der Waals surface area contributed by atoms with Crippen LogP contribution in [0.4, 0.5) is 5.95 Å². The zero-order chi connectivity index (χ0) is 16.8. The number of aryl methyl sites for hydroxylation is 1. The minimum atomic E-state index is 0.474. The Morgan fingerprint density at radius 1 is 1.16 bits per heavy atom. The van der Waals surface area contributed by atoms with Gasteiger partial charge < -0.3 is 9.47 Å². The van der Waals surface area contributed by atoms with Crippen molar-refractivity contribution in [2.24, 2.45) is 0 Å². The normalized spacial score (nSPS) is 25.6. The van der Waals surface area contributed by atoms with E-state index in [0.717, 1.165) is 38.5 Å². The maximum atomic E-state index is 4.97. The third-order valence-electron chi connectivity index (χ3n) is 6.19. The summed E-state index contributed by atoms with van der Waals surface area (Å²) in [4.78, 5) is 19.0. The molecule has 2 bridgehead atoms. The highest BCUT2D eigenvalue weighted by Crippen LogP contribution is 2.44. The summed E-state index contributed by atoms with van der Waals surface area (Å²) in [7, 11) is 0. The molecule has 0 aliphatic carbocycles. The molecule has 2 saturated heterocycles. The Balaban J connectivity index is 1.42. The Morgan fingerprint density at radius 2 is 2.04 bits per heavy atom. The van der Waals surface area contributed by atoms with Gasteiger partial charge in [-0.2, -0.15) is 0 Å². The lowest BCUT2D eigenvalue weighted by molar-refractivity contribution is 0.162. The Morgan fingerprint density at radius 3 is 2.88 bits per heavy atom. The molecule has 132 valence electrons. The van der Waals surface area contributed by atoms with Crippen molar-refractivity contribution >= 4 is 5.95 Å². The second-order valence-corrected chi connectivity index (χ2v) is 7.56. The molecule has 2 unspecified atom stereocenters. The fourth-order valence-electron chi connectivity index (χ4n) is 4.83. The first-order valence-corrected chi connectivity index (χ1v) is 9.69. The van der Waals surface area contributed by atoms with Gasteiger partial charge in [0, 0.05) is 62.6 Å². The summed E-state index contributed by atoms with van der Waals surface area (Å²) in [5.74, 6) is 0.952. The van der Waals surface area contributed by atoms with Crippen LogP contribution in [0.25, 0.3) is 0 Å². The maximum absolute atomic E-state index is 4.97. The lowest BCUT2D eigenvalue weighted by Gasteiger charge is -2.36. The van der Waals surface area contributed by atoms with Gasteiger partial charge in [0.25, 0.3) is 0 Å². The molecule has 0 spiro atoms. The molecule has 0 aromatic carbocycles. The van der Waals surface area contributed by atoms with E-state index in [2.05, 4.69) is 32.5 Å². The Hall–Kier alpha value is -1.95. The average Bonchev–Trinajstić information content (AvgIpc) is 3.36. The highest BCUT2D eigenvalue weighted by molar-refractivity contribution is 5.38. The quantitative estimate of drug-likeness (QED) is 0.857. The van der Waals surface area contributed by atoms with Crippen LogP contribution in [-0.2, 0) is 19.5 Å². The van der Waals surface area contributed by atoms with E-state index in [9.17, 15) is 0 Å². The number of fused-ring (bicyclic) bond motifs is 4. The smallest absolute Gasteiger partial charge is 0.225 e. The third kappa shape index (κ3) is 2.54. The molecule has 0 N–H and O–H groups in total. The number of rotatable bonds is 4. The number of aromatic nitrogens is 4. The van der Waals surface area contributed by atoms with E-state index in [1.807, 2.05) is 12.5 Å². The second-order valence-electron chi connectivity index (χ2n) is 7.56. The molecule has 2 atom stereocenters. The third-order valence-corrected chi connectivity index (χ3v) is 6.19. The van der Waals surface area contributed by atoms with Crippen molar-refractivity contribution in [2.45, 2.75) is 64.2 Å². The lowest BCUT2D eigenvalue weighted by Crippen LogP contribution is -2.38. The Labute approximate surface area is 148 Å². The first-order chi connectivity index (χ1) is 12.3. The Bertz CT molecular complexity index is 763. The van der Waals surface area contributed by atoms with Crippen molar-refractivity contribution in [2.75, 3.05) is 18.0 Å². The maximum Gasteiger partial charge on any atom is 0.225 e. The van der Waals surface area contributed by atoms with E-state index in [0.29, 0.717) is 12.1 Å². The molecule has 5 rings (SSSR count). The zero-order valence-electron chi connectivity index (χ0n) is 14.9. The van der Waals surface area contributed by atoms with Gasteiger partial charge in [-0.05, 0) is 32.6 Å². The minimum absolute atomic E-state index is 0.474. The van der Waals surface area contributed by atoms with Crippen molar-refractivity contribution in [3.8, 4) is 0 Å². The number of anilines is 1. The fraction of sp³-hybridized carbons (Fsp3) is 0.632. The SMILES string of the molecule is CCn1cncc1CN1C2CCC1c1cnc(N3CCCC3)nc1C2. The highest BCUT2D eigenvalue weighted by Gasteiger charge is 2.41. The summed E-state index contributed by atoms with van der Waals surface area (Å²) in [5, 5.41) is 0. The molecule has 5 heterocycles. The van der Waals surface area contributed by atoms with Crippen LogP contribution in [0, 0.1) is 0 Å².